The van der Waals surface area contributed by atoms with Gasteiger partial charge in [0.1, 0.15) is 0 Å². The van der Waals surface area contributed by atoms with Crippen LogP contribution in [0.5, 0.6) is 0 Å². The quantitative estimate of drug-likeness (QED) is 0.492. The summed E-state index contributed by atoms with van der Waals surface area (Å²) in [7, 11) is 0. The predicted molar refractivity (Wildman–Crippen MR) is 96.6 cm³/mol. The molecule has 1 saturated heterocycles. The number of aliphatic imine (C=N–C) groups is 1. The smallest absolute Gasteiger partial charge is 0.191 e. The summed E-state index contributed by atoms with van der Waals surface area (Å²) in [4.78, 5) is 5.97. The van der Waals surface area contributed by atoms with Gasteiger partial charge in [-0.2, -0.15) is 0 Å². The number of aliphatic hydroxyl groups excluding tert-OH is 1. The molecule has 7 heteroatoms. The van der Waals surface area contributed by atoms with E-state index in [0.29, 0.717) is 13.2 Å². The van der Waals surface area contributed by atoms with Gasteiger partial charge in [-0.05, 0) is 38.3 Å². The number of hydrogen-bond donors (Lipinski definition) is 3. The Morgan fingerprint density at radius 2 is 2.35 bits per heavy atom. The number of rotatable bonds is 8. The second-order valence-corrected chi connectivity index (χ2v) is 7.65. The zero-order chi connectivity index (χ0) is 16.5. The lowest BCUT2D eigenvalue weighted by Crippen LogP contribution is -2.39. The molecule has 2 heterocycles. The Morgan fingerprint density at radius 3 is 2.96 bits per heavy atom. The van der Waals surface area contributed by atoms with Gasteiger partial charge in [0, 0.05) is 36.6 Å². The summed E-state index contributed by atoms with van der Waals surface area (Å²) >= 11 is 7.56. The lowest BCUT2D eigenvalue weighted by Gasteiger charge is -2.24. The van der Waals surface area contributed by atoms with Crippen LogP contribution < -0.4 is 10.6 Å². The molecule has 1 aliphatic rings. The Balaban J connectivity index is 1.86. The van der Waals surface area contributed by atoms with Gasteiger partial charge in [-0.3, -0.25) is 4.99 Å². The highest BCUT2D eigenvalue weighted by atomic mass is 35.5. The van der Waals surface area contributed by atoms with Crippen LogP contribution >= 0.6 is 22.9 Å². The summed E-state index contributed by atoms with van der Waals surface area (Å²) < 4.78 is 6.34. The third-order valence-corrected chi connectivity index (χ3v) is 5.33. The molecule has 130 valence electrons. The fourth-order valence-corrected chi connectivity index (χ4v) is 3.75. The number of halogens is 1. The van der Waals surface area contributed by atoms with Crippen LogP contribution in [0.2, 0.25) is 4.34 Å². The van der Waals surface area contributed by atoms with Crippen LogP contribution in [0, 0.1) is 5.41 Å². The first-order valence-corrected chi connectivity index (χ1v) is 9.32. The number of guanidine groups is 1. The number of aliphatic hydroxyl groups is 1. The first-order valence-electron chi connectivity index (χ1n) is 8.12. The molecule has 1 aromatic heterocycles. The van der Waals surface area contributed by atoms with Crippen molar-refractivity contribution in [1.82, 2.24) is 10.6 Å². The summed E-state index contributed by atoms with van der Waals surface area (Å²) in [6.07, 6.45) is 2.63. The molecule has 0 aliphatic carbocycles. The van der Waals surface area contributed by atoms with Gasteiger partial charge in [-0.1, -0.05) is 11.6 Å². The van der Waals surface area contributed by atoms with E-state index in [-0.39, 0.29) is 12.0 Å². The van der Waals surface area contributed by atoms with Gasteiger partial charge < -0.3 is 20.5 Å². The van der Waals surface area contributed by atoms with E-state index in [9.17, 15) is 5.11 Å². The molecule has 0 spiro atoms. The van der Waals surface area contributed by atoms with E-state index in [2.05, 4.69) is 23.6 Å². The number of nitrogens with one attached hydrogen (secondary N) is 2. The van der Waals surface area contributed by atoms with Gasteiger partial charge in [-0.25, -0.2) is 0 Å². The zero-order valence-electron chi connectivity index (χ0n) is 13.6. The minimum atomic E-state index is -0.0155. The van der Waals surface area contributed by atoms with Crippen LogP contribution in [0.4, 0.5) is 0 Å². The maximum atomic E-state index is 9.29. The molecule has 1 aliphatic heterocycles. The average Bonchev–Trinajstić information content (AvgIpc) is 3.15. The first-order chi connectivity index (χ1) is 11.2. The molecule has 1 aromatic rings. The molecule has 23 heavy (non-hydrogen) atoms. The highest BCUT2D eigenvalue weighted by molar-refractivity contribution is 7.16. The van der Waals surface area contributed by atoms with Crippen molar-refractivity contribution in [3.63, 3.8) is 0 Å². The van der Waals surface area contributed by atoms with Crippen LogP contribution in [0.25, 0.3) is 0 Å². The number of ether oxygens (including phenoxy) is 1. The SMILES string of the molecule is CCNC(=NCC1(CCO)CCOC1)NCCc1ccc(Cl)s1. The standard InChI is InChI=1S/C16H26ClN3O2S/c1-2-18-15(19-8-5-13-3-4-14(17)23-13)20-11-16(6-9-21)7-10-22-12-16/h3-4,21H,2,5-12H2,1H3,(H2,18,19,20). The Labute approximate surface area is 147 Å². The number of hydrogen-bond acceptors (Lipinski definition) is 4. The molecular formula is C16H26ClN3O2S. The summed E-state index contributed by atoms with van der Waals surface area (Å²) in [5.74, 6) is 0.819. The Morgan fingerprint density at radius 1 is 1.48 bits per heavy atom. The summed E-state index contributed by atoms with van der Waals surface area (Å²) in [6, 6.07) is 3.99. The molecule has 1 unspecified atom stereocenters. The third-order valence-electron chi connectivity index (χ3n) is 4.04. The van der Waals surface area contributed by atoms with E-state index in [4.69, 9.17) is 21.3 Å². The fourth-order valence-electron chi connectivity index (χ4n) is 2.67. The van der Waals surface area contributed by atoms with Crippen molar-refractivity contribution in [3.05, 3.63) is 21.3 Å². The molecule has 3 N–H and O–H groups in total. The van der Waals surface area contributed by atoms with Gasteiger partial charge in [0.15, 0.2) is 5.96 Å². The Bertz CT molecular complexity index is 501. The lowest BCUT2D eigenvalue weighted by atomic mass is 9.84. The molecule has 0 saturated carbocycles. The fraction of sp³-hybridized carbons (Fsp3) is 0.688. The molecule has 5 nitrogen and oxygen atoms in total. The zero-order valence-corrected chi connectivity index (χ0v) is 15.2. The van der Waals surface area contributed by atoms with E-state index >= 15 is 0 Å². The van der Waals surface area contributed by atoms with Gasteiger partial charge in [0.25, 0.3) is 0 Å². The third kappa shape index (κ3) is 5.95. The molecule has 0 aromatic carbocycles. The van der Waals surface area contributed by atoms with Gasteiger partial charge in [0.05, 0.1) is 17.5 Å². The van der Waals surface area contributed by atoms with Crippen LogP contribution in [0.3, 0.4) is 0 Å². The molecule has 1 fully saturated rings. The Kier molecular flexibility index (Phi) is 7.62. The van der Waals surface area contributed by atoms with E-state index in [1.807, 2.05) is 6.07 Å². The second-order valence-electron chi connectivity index (χ2n) is 5.85. The minimum absolute atomic E-state index is 0.0155. The maximum Gasteiger partial charge on any atom is 0.191 e. The summed E-state index contributed by atoms with van der Waals surface area (Å²) in [5.41, 5.74) is -0.0155. The monoisotopic (exact) mass is 359 g/mol. The maximum absolute atomic E-state index is 9.29. The van der Waals surface area contributed by atoms with E-state index in [1.54, 1.807) is 11.3 Å². The summed E-state index contributed by atoms with van der Waals surface area (Å²) in [5, 5.41) is 15.9. The highest BCUT2D eigenvalue weighted by Gasteiger charge is 2.34. The van der Waals surface area contributed by atoms with Crippen molar-refractivity contribution in [2.75, 3.05) is 39.5 Å². The van der Waals surface area contributed by atoms with Crippen LogP contribution in [0.1, 0.15) is 24.6 Å². The van der Waals surface area contributed by atoms with Gasteiger partial charge >= 0.3 is 0 Å². The van der Waals surface area contributed by atoms with Crippen molar-refractivity contribution in [3.8, 4) is 0 Å². The second kappa shape index (κ2) is 9.47. The predicted octanol–water partition coefficient (Wildman–Crippen LogP) is 2.29. The highest BCUT2D eigenvalue weighted by Crippen LogP contribution is 2.32. The van der Waals surface area contributed by atoms with Gasteiger partial charge in [0.2, 0.25) is 0 Å². The van der Waals surface area contributed by atoms with Gasteiger partial charge in [-0.15, -0.1) is 11.3 Å². The normalized spacial score (nSPS) is 21.6. The van der Waals surface area contributed by atoms with Crippen molar-refractivity contribution >= 4 is 28.9 Å². The van der Waals surface area contributed by atoms with E-state index < -0.39 is 0 Å². The average molecular weight is 360 g/mol. The molecule has 0 radical (unpaired) electrons. The first kappa shape index (κ1) is 18.5. The van der Waals surface area contributed by atoms with E-state index in [0.717, 1.165) is 49.3 Å². The molecular weight excluding hydrogens is 334 g/mol. The van der Waals surface area contributed by atoms with E-state index in [1.165, 1.54) is 4.88 Å². The van der Waals surface area contributed by atoms with Crippen molar-refractivity contribution in [2.24, 2.45) is 10.4 Å². The minimum Gasteiger partial charge on any atom is -0.396 e. The summed E-state index contributed by atoms with van der Waals surface area (Å²) in [6.45, 7) is 5.99. The van der Waals surface area contributed by atoms with Crippen molar-refractivity contribution in [1.29, 1.82) is 0 Å². The lowest BCUT2D eigenvalue weighted by molar-refractivity contribution is 0.131. The molecule has 2 rings (SSSR count). The number of nitrogens with zero attached hydrogens (tertiary/aromatic N) is 1. The Hall–Kier alpha value is -0.820. The number of thiophene rings is 1. The van der Waals surface area contributed by atoms with Crippen LogP contribution in [-0.2, 0) is 11.2 Å². The molecule has 1 atom stereocenters. The van der Waals surface area contributed by atoms with Crippen molar-refractivity contribution < 1.29 is 9.84 Å². The van der Waals surface area contributed by atoms with Crippen LogP contribution in [-0.4, -0.2) is 50.5 Å². The molecule has 0 amide bonds. The van der Waals surface area contributed by atoms with Crippen molar-refractivity contribution in [2.45, 2.75) is 26.2 Å². The van der Waals surface area contributed by atoms with Crippen LogP contribution in [0.15, 0.2) is 17.1 Å². The largest absolute Gasteiger partial charge is 0.396 e. The molecule has 0 bridgehead atoms. The topological polar surface area (TPSA) is 65.9 Å².